The third-order valence-electron chi connectivity index (χ3n) is 3.97. The van der Waals surface area contributed by atoms with Gasteiger partial charge in [0.05, 0.1) is 13.7 Å². The normalized spacial score (nSPS) is 20.2. The predicted octanol–water partition coefficient (Wildman–Crippen LogP) is 3.38. The molecule has 0 unspecified atom stereocenters. The molecule has 1 saturated carbocycles. The van der Waals surface area contributed by atoms with Gasteiger partial charge in [0.2, 0.25) is 0 Å². The Labute approximate surface area is 106 Å². The highest BCUT2D eigenvalue weighted by Crippen LogP contribution is 2.36. The highest BCUT2D eigenvalue weighted by molar-refractivity contribution is 6.88. The molecule has 2 rings (SSSR count). The van der Waals surface area contributed by atoms with Gasteiger partial charge in [-0.15, -0.1) is 0 Å². The van der Waals surface area contributed by atoms with Crippen LogP contribution in [0.3, 0.4) is 0 Å². The lowest BCUT2D eigenvalue weighted by molar-refractivity contribution is -0.000607. The monoisotopic (exact) mass is 248 g/mol. The first-order chi connectivity index (χ1) is 7.92. The van der Waals surface area contributed by atoms with Gasteiger partial charge in [-0.2, -0.15) is 0 Å². The van der Waals surface area contributed by atoms with Crippen LogP contribution in [-0.4, -0.2) is 13.2 Å². The van der Waals surface area contributed by atoms with Crippen LogP contribution in [0.1, 0.15) is 37.7 Å². The molecule has 0 bridgehead atoms. The van der Waals surface area contributed by atoms with Crippen molar-refractivity contribution in [1.29, 1.82) is 0 Å². The molecular formula is C15H24OSi. The summed E-state index contributed by atoms with van der Waals surface area (Å²) >= 11 is 0. The topological polar surface area (TPSA) is 20.2 Å². The highest BCUT2D eigenvalue weighted by Gasteiger charge is 2.31. The quantitative estimate of drug-likeness (QED) is 0.796. The summed E-state index contributed by atoms with van der Waals surface area (Å²) in [7, 11) is -1.21. The second-order valence-corrected chi connectivity index (χ2v) is 11.5. The standard InChI is InChI=1S/C15H24OSi/c1-17(2,3)14-9-7-13(8-10-14)15(16)11-5-4-6-12-15/h7-10,16H,4-6,11-12H2,1-3H3. The Balaban J connectivity index is 2.23. The second-order valence-electron chi connectivity index (χ2n) is 6.42. The average Bonchev–Trinajstić information content (AvgIpc) is 2.29. The summed E-state index contributed by atoms with van der Waals surface area (Å²) in [6, 6.07) is 8.76. The van der Waals surface area contributed by atoms with E-state index in [1.807, 2.05) is 0 Å². The second kappa shape index (κ2) is 4.58. The van der Waals surface area contributed by atoms with Crippen molar-refractivity contribution >= 4 is 13.3 Å². The van der Waals surface area contributed by atoms with E-state index in [0.717, 1.165) is 31.2 Å². The van der Waals surface area contributed by atoms with E-state index in [2.05, 4.69) is 43.9 Å². The molecule has 2 heteroatoms. The summed E-state index contributed by atoms with van der Waals surface area (Å²) in [5, 5.41) is 12.1. The van der Waals surface area contributed by atoms with Crippen molar-refractivity contribution < 1.29 is 5.11 Å². The van der Waals surface area contributed by atoms with Gasteiger partial charge in [-0.3, -0.25) is 0 Å². The summed E-state index contributed by atoms with van der Waals surface area (Å²) in [5.41, 5.74) is 0.579. The van der Waals surface area contributed by atoms with Crippen molar-refractivity contribution in [2.24, 2.45) is 0 Å². The fraction of sp³-hybridized carbons (Fsp3) is 0.600. The zero-order valence-corrected chi connectivity index (χ0v) is 12.3. The van der Waals surface area contributed by atoms with E-state index in [0.29, 0.717) is 0 Å². The molecule has 0 spiro atoms. The molecule has 17 heavy (non-hydrogen) atoms. The lowest BCUT2D eigenvalue weighted by Crippen LogP contribution is -2.38. The van der Waals surface area contributed by atoms with Crippen molar-refractivity contribution in [3.8, 4) is 0 Å². The minimum absolute atomic E-state index is 0.545. The summed E-state index contributed by atoms with van der Waals surface area (Å²) in [6.45, 7) is 7.08. The summed E-state index contributed by atoms with van der Waals surface area (Å²) in [6.07, 6.45) is 5.45. The van der Waals surface area contributed by atoms with Crippen LogP contribution in [-0.2, 0) is 5.60 Å². The Kier molecular flexibility index (Phi) is 3.46. The molecular weight excluding hydrogens is 224 g/mol. The molecule has 0 radical (unpaired) electrons. The molecule has 1 aromatic carbocycles. The van der Waals surface area contributed by atoms with Gasteiger partial charge in [-0.1, -0.05) is 68.4 Å². The Morgan fingerprint density at radius 2 is 1.47 bits per heavy atom. The Bertz CT molecular complexity index is 369. The molecule has 0 aliphatic heterocycles. The minimum Gasteiger partial charge on any atom is -0.385 e. The minimum atomic E-state index is -1.21. The largest absolute Gasteiger partial charge is 0.385 e. The van der Waals surface area contributed by atoms with E-state index in [4.69, 9.17) is 0 Å². The fourth-order valence-electron chi connectivity index (χ4n) is 2.71. The molecule has 0 atom stereocenters. The molecule has 0 aromatic heterocycles. The molecule has 1 aromatic rings. The number of hydrogen-bond acceptors (Lipinski definition) is 1. The van der Waals surface area contributed by atoms with E-state index in [1.54, 1.807) is 0 Å². The van der Waals surface area contributed by atoms with Crippen LogP contribution in [0.2, 0.25) is 19.6 Å². The first kappa shape index (κ1) is 12.8. The molecule has 0 amide bonds. The maximum atomic E-state index is 10.6. The molecule has 1 nitrogen and oxygen atoms in total. The van der Waals surface area contributed by atoms with Crippen LogP contribution in [0.5, 0.6) is 0 Å². The third-order valence-corrected chi connectivity index (χ3v) is 6.03. The molecule has 1 aliphatic carbocycles. The third kappa shape index (κ3) is 2.80. The van der Waals surface area contributed by atoms with Gasteiger partial charge in [0, 0.05) is 0 Å². The van der Waals surface area contributed by atoms with Gasteiger partial charge in [0.1, 0.15) is 0 Å². The molecule has 0 saturated heterocycles. The van der Waals surface area contributed by atoms with Crippen molar-refractivity contribution in [3.05, 3.63) is 29.8 Å². The maximum Gasteiger partial charge on any atom is 0.0896 e. The Morgan fingerprint density at radius 3 is 1.94 bits per heavy atom. The molecule has 1 aliphatic rings. The van der Waals surface area contributed by atoms with Crippen LogP contribution in [0.4, 0.5) is 0 Å². The number of hydrogen-bond donors (Lipinski definition) is 1. The van der Waals surface area contributed by atoms with Crippen LogP contribution in [0.15, 0.2) is 24.3 Å². The van der Waals surface area contributed by atoms with Gasteiger partial charge in [-0.05, 0) is 18.4 Å². The average molecular weight is 248 g/mol. The van der Waals surface area contributed by atoms with Crippen molar-refractivity contribution in [1.82, 2.24) is 0 Å². The van der Waals surface area contributed by atoms with Crippen molar-refractivity contribution in [3.63, 3.8) is 0 Å². The van der Waals surface area contributed by atoms with Gasteiger partial charge < -0.3 is 5.11 Å². The van der Waals surface area contributed by atoms with Crippen LogP contribution in [0, 0.1) is 0 Å². The molecule has 1 fully saturated rings. The lowest BCUT2D eigenvalue weighted by Gasteiger charge is -2.33. The fourth-order valence-corrected chi connectivity index (χ4v) is 3.87. The molecule has 94 valence electrons. The zero-order chi connectivity index (χ0) is 12.5. The van der Waals surface area contributed by atoms with Crippen LogP contribution >= 0.6 is 0 Å². The first-order valence-electron chi connectivity index (χ1n) is 6.75. The van der Waals surface area contributed by atoms with E-state index in [-0.39, 0.29) is 0 Å². The first-order valence-corrected chi connectivity index (χ1v) is 10.3. The Morgan fingerprint density at radius 1 is 0.941 bits per heavy atom. The summed E-state index contributed by atoms with van der Waals surface area (Å²) in [4.78, 5) is 0. The highest BCUT2D eigenvalue weighted by atomic mass is 28.3. The smallest absolute Gasteiger partial charge is 0.0896 e. The van der Waals surface area contributed by atoms with Gasteiger partial charge >= 0.3 is 0 Å². The van der Waals surface area contributed by atoms with Crippen LogP contribution in [0.25, 0.3) is 0 Å². The van der Waals surface area contributed by atoms with E-state index in [1.165, 1.54) is 11.6 Å². The predicted molar refractivity (Wildman–Crippen MR) is 76.4 cm³/mol. The van der Waals surface area contributed by atoms with E-state index in [9.17, 15) is 5.11 Å². The number of rotatable bonds is 2. The maximum absolute atomic E-state index is 10.6. The van der Waals surface area contributed by atoms with Gasteiger partial charge in [0.25, 0.3) is 0 Å². The number of benzene rings is 1. The SMILES string of the molecule is C[Si](C)(C)c1ccc(C2(O)CCCCC2)cc1. The van der Waals surface area contributed by atoms with Gasteiger partial charge in [0.15, 0.2) is 0 Å². The van der Waals surface area contributed by atoms with Gasteiger partial charge in [-0.25, -0.2) is 0 Å². The molecule has 1 N–H and O–H groups in total. The Hall–Kier alpha value is -0.603. The van der Waals surface area contributed by atoms with Crippen molar-refractivity contribution in [2.75, 3.05) is 0 Å². The van der Waals surface area contributed by atoms with Crippen LogP contribution < -0.4 is 5.19 Å². The molecule has 0 heterocycles. The lowest BCUT2D eigenvalue weighted by atomic mass is 9.80. The van der Waals surface area contributed by atoms with Crippen molar-refractivity contribution in [2.45, 2.75) is 57.3 Å². The zero-order valence-electron chi connectivity index (χ0n) is 11.3. The summed E-state index contributed by atoms with van der Waals surface area (Å²) in [5.74, 6) is 0. The summed E-state index contributed by atoms with van der Waals surface area (Å²) < 4.78 is 0. The van der Waals surface area contributed by atoms with E-state index >= 15 is 0 Å². The van der Waals surface area contributed by atoms with E-state index < -0.39 is 13.7 Å². The number of aliphatic hydroxyl groups is 1.